The highest BCUT2D eigenvalue weighted by atomic mass is 16.7. The second-order valence-corrected chi connectivity index (χ2v) is 6.26. The van der Waals surface area contributed by atoms with Crippen molar-refractivity contribution in [2.75, 3.05) is 13.7 Å². The van der Waals surface area contributed by atoms with Crippen LogP contribution in [0.15, 0.2) is 36.4 Å². The first-order chi connectivity index (χ1) is 12.0. The fourth-order valence-corrected chi connectivity index (χ4v) is 2.83. The van der Waals surface area contributed by atoms with Gasteiger partial charge in [0.25, 0.3) is 0 Å². The van der Waals surface area contributed by atoms with Crippen molar-refractivity contribution in [2.45, 2.75) is 46.4 Å². The van der Waals surface area contributed by atoms with Crippen molar-refractivity contribution in [1.29, 1.82) is 0 Å². The van der Waals surface area contributed by atoms with Crippen molar-refractivity contribution in [3.05, 3.63) is 58.7 Å². The third kappa shape index (κ3) is 5.76. The van der Waals surface area contributed by atoms with Gasteiger partial charge in [-0.1, -0.05) is 42.3 Å². The Kier molecular flexibility index (Phi) is 7.29. The minimum absolute atomic E-state index is 0.302. The van der Waals surface area contributed by atoms with Crippen molar-refractivity contribution in [3.63, 3.8) is 0 Å². The average Bonchev–Trinajstić information content (AvgIpc) is 2.60. The molecule has 0 aliphatic carbocycles. The van der Waals surface area contributed by atoms with E-state index in [-0.39, 0.29) is 6.29 Å². The molecule has 2 aromatic carbocycles. The van der Waals surface area contributed by atoms with Crippen LogP contribution >= 0.6 is 0 Å². The summed E-state index contributed by atoms with van der Waals surface area (Å²) in [5.74, 6) is 1.36. The molecule has 0 aliphatic heterocycles. The lowest BCUT2D eigenvalue weighted by Crippen LogP contribution is -2.21. The monoisotopic (exact) mass is 343 g/mol. The van der Waals surface area contributed by atoms with Crippen LogP contribution in [-0.4, -0.2) is 20.0 Å². The Morgan fingerprint density at radius 1 is 0.960 bits per heavy atom. The van der Waals surface area contributed by atoms with Crippen LogP contribution in [-0.2, 0) is 17.7 Å². The Balaban J connectivity index is 1.94. The maximum atomic E-state index is 5.98. The van der Waals surface area contributed by atoms with Crippen LogP contribution in [0.1, 0.15) is 35.6 Å². The Morgan fingerprint density at radius 2 is 1.68 bits per heavy atom. The van der Waals surface area contributed by atoms with E-state index >= 15 is 0 Å². The number of aryl methyl sites for hydroxylation is 2. The van der Waals surface area contributed by atoms with Crippen molar-refractivity contribution < 1.29 is 14.2 Å². The minimum Gasteiger partial charge on any atom is -0.493 e. The zero-order valence-corrected chi connectivity index (χ0v) is 15.7. The molecule has 2 rings (SSSR count). The predicted octanol–water partition coefficient (Wildman–Crippen LogP) is 4.14. The maximum absolute atomic E-state index is 5.98. The molecule has 0 radical (unpaired) electrons. The molecule has 0 amide bonds. The summed E-state index contributed by atoms with van der Waals surface area (Å²) >= 11 is 0. The van der Waals surface area contributed by atoms with Gasteiger partial charge in [-0.3, -0.25) is 0 Å². The van der Waals surface area contributed by atoms with Crippen molar-refractivity contribution >= 4 is 0 Å². The molecule has 0 fully saturated rings. The molecule has 2 N–H and O–H groups in total. The van der Waals surface area contributed by atoms with Crippen LogP contribution in [0.5, 0.6) is 11.5 Å². The summed E-state index contributed by atoms with van der Waals surface area (Å²) in [7, 11) is 1.63. The topological polar surface area (TPSA) is 53.7 Å². The van der Waals surface area contributed by atoms with E-state index in [1.807, 2.05) is 25.1 Å². The SMILES string of the molecule is CCC(OCCc1cc(C)cc(C)c1)Oc1ccc(CN)cc1OC. The Hall–Kier alpha value is -2.04. The van der Waals surface area contributed by atoms with Crippen LogP contribution in [0.4, 0.5) is 0 Å². The molecule has 1 atom stereocenters. The molecule has 1 unspecified atom stereocenters. The fourth-order valence-electron chi connectivity index (χ4n) is 2.83. The van der Waals surface area contributed by atoms with Crippen LogP contribution in [0, 0.1) is 13.8 Å². The van der Waals surface area contributed by atoms with Crippen LogP contribution in [0.25, 0.3) is 0 Å². The third-order valence-corrected chi connectivity index (χ3v) is 4.03. The lowest BCUT2D eigenvalue weighted by molar-refractivity contribution is -0.0813. The zero-order valence-electron chi connectivity index (χ0n) is 15.7. The van der Waals surface area contributed by atoms with Crippen molar-refractivity contribution in [3.8, 4) is 11.5 Å². The predicted molar refractivity (Wildman–Crippen MR) is 101 cm³/mol. The van der Waals surface area contributed by atoms with Crippen molar-refractivity contribution in [1.82, 2.24) is 0 Å². The van der Waals surface area contributed by atoms with Gasteiger partial charge in [0.05, 0.1) is 13.7 Å². The van der Waals surface area contributed by atoms with E-state index in [1.165, 1.54) is 16.7 Å². The molecular weight excluding hydrogens is 314 g/mol. The highest BCUT2D eigenvalue weighted by Gasteiger charge is 2.13. The van der Waals surface area contributed by atoms with E-state index in [1.54, 1.807) is 7.11 Å². The Labute approximate surface area is 150 Å². The number of benzene rings is 2. The van der Waals surface area contributed by atoms with E-state index in [9.17, 15) is 0 Å². The van der Waals surface area contributed by atoms with Crippen LogP contribution < -0.4 is 15.2 Å². The summed E-state index contributed by atoms with van der Waals surface area (Å²) in [4.78, 5) is 0. The van der Waals surface area contributed by atoms with Gasteiger partial charge >= 0.3 is 0 Å². The quantitative estimate of drug-likeness (QED) is 0.695. The molecule has 0 saturated carbocycles. The molecular formula is C21H29NO3. The second-order valence-electron chi connectivity index (χ2n) is 6.26. The van der Waals surface area contributed by atoms with Gasteiger partial charge in [-0.25, -0.2) is 0 Å². The molecule has 0 bridgehead atoms. The van der Waals surface area contributed by atoms with Gasteiger partial charge < -0.3 is 19.9 Å². The van der Waals surface area contributed by atoms with E-state index < -0.39 is 0 Å². The van der Waals surface area contributed by atoms with Crippen molar-refractivity contribution in [2.24, 2.45) is 5.73 Å². The van der Waals surface area contributed by atoms with Gasteiger partial charge in [-0.15, -0.1) is 0 Å². The number of methoxy groups -OCH3 is 1. The van der Waals surface area contributed by atoms with E-state index in [4.69, 9.17) is 19.9 Å². The molecule has 25 heavy (non-hydrogen) atoms. The van der Waals surface area contributed by atoms with Gasteiger partial charge in [0, 0.05) is 13.0 Å². The summed E-state index contributed by atoms with van der Waals surface area (Å²) in [6, 6.07) is 12.3. The first-order valence-electron chi connectivity index (χ1n) is 8.78. The Morgan fingerprint density at radius 3 is 2.28 bits per heavy atom. The smallest absolute Gasteiger partial charge is 0.199 e. The number of nitrogens with two attached hydrogens (primary N) is 1. The highest BCUT2D eigenvalue weighted by molar-refractivity contribution is 5.43. The van der Waals surface area contributed by atoms with Gasteiger partial charge in [0.15, 0.2) is 17.8 Å². The molecule has 136 valence electrons. The number of ether oxygens (including phenoxy) is 3. The van der Waals surface area contributed by atoms with Gasteiger partial charge in [-0.05, 0) is 43.5 Å². The highest BCUT2D eigenvalue weighted by Crippen LogP contribution is 2.29. The van der Waals surface area contributed by atoms with E-state index in [0.29, 0.717) is 24.7 Å². The van der Waals surface area contributed by atoms with Gasteiger partial charge in [0.1, 0.15) is 0 Å². The summed E-state index contributed by atoms with van der Waals surface area (Å²) in [6.07, 6.45) is 1.32. The fraction of sp³-hybridized carbons (Fsp3) is 0.429. The molecule has 0 aliphatic rings. The summed E-state index contributed by atoms with van der Waals surface area (Å²) in [5.41, 5.74) is 10.5. The summed E-state index contributed by atoms with van der Waals surface area (Å²) < 4.78 is 17.3. The summed E-state index contributed by atoms with van der Waals surface area (Å²) in [5, 5.41) is 0. The maximum Gasteiger partial charge on any atom is 0.199 e. The first kappa shape index (κ1) is 19.3. The minimum atomic E-state index is -0.302. The number of hydrogen-bond acceptors (Lipinski definition) is 4. The lowest BCUT2D eigenvalue weighted by Gasteiger charge is -2.20. The van der Waals surface area contributed by atoms with Crippen LogP contribution in [0.3, 0.4) is 0 Å². The van der Waals surface area contributed by atoms with Crippen LogP contribution in [0.2, 0.25) is 0 Å². The van der Waals surface area contributed by atoms with E-state index in [2.05, 4.69) is 32.0 Å². The summed E-state index contributed by atoms with van der Waals surface area (Å²) in [6.45, 7) is 7.37. The number of rotatable bonds is 9. The zero-order chi connectivity index (χ0) is 18.2. The average molecular weight is 343 g/mol. The lowest BCUT2D eigenvalue weighted by atomic mass is 10.1. The van der Waals surface area contributed by atoms with Gasteiger partial charge in [0.2, 0.25) is 0 Å². The standard InChI is InChI=1S/C21H29NO3/c1-5-21(24-9-8-17-11-15(2)10-16(3)12-17)25-19-7-6-18(14-22)13-20(19)23-4/h6-7,10-13,21H,5,8-9,14,22H2,1-4H3. The molecule has 0 spiro atoms. The molecule has 4 nitrogen and oxygen atoms in total. The normalized spacial score (nSPS) is 12.0. The Bertz CT molecular complexity index is 665. The molecule has 4 heteroatoms. The molecule has 2 aromatic rings. The third-order valence-electron chi connectivity index (χ3n) is 4.03. The van der Waals surface area contributed by atoms with Gasteiger partial charge in [-0.2, -0.15) is 0 Å². The molecule has 0 saturated heterocycles. The molecule has 0 aromatic heterocycles. The molecule has 0 heterocycles. The van der Waals surface area contributed by atoms with E-state index in [0.717, 1.165) is 18.4 Å². The largest absolute Gasteiger partial charge is 0.493 e. The number of hydrogen-bond donors (Lipinski definition) is 1. The second kappa shape index (κ2) is 9.44. The first-order valence-corrected chi connectivity index (χ1v) is 8.78.